The molecule has 0 fully saturated rings. The van der Waals surface area contributed by atoms with Crippen LogP contribution in [0.15, 0.2) is 39.3 Å². The minimum atomic E-state index is -0.683. The highest BCUT2D eigenvalue weighted by atomic mass is 79.9. The molecule has 1 atom stereocenters. The normalized spacial score (nSPS) is 14.8. The third kappa shape index (κ3) is 2.41. The van der Waals surface area contributed by atoms with Crippen molar-refractivity contribution in [3.63, 3.8) is 0 Å². The smallest absolute Gasteiger partial charge is 0.128 e. The second-order valence-electron chi connectivity index (χ2n) is 4.94. The van der Waals surface area contributed by atoms with Gasteiger partial charge in [0, 0.05) is 20.9 Å². The lowest BCUT2D eigenvalue weighted by Gasteiger charge is -2.18. The molecule has 1 aliphatic heterocycles. The zero-order chi connectivity index (χ0) is 14.3. The Morgan fingerprint density at radius 1 is 1.20 bits per heavy atom. The van der Waals surface area contributed by atoms with Gasteiger partial charge in [-0.3, -0.25) is 0 Å². The van der Waals surface area contributed by atoms with E-state index < -0.39 is 6.10 Å². The molecule has 2 aromatic carbocycles. The van der Waals surface area contributed by atoms with Crippen LogP contribution in [0.5, 0.6) is 5.75 Å². The summed E-state index contributed by atoms with van der Waals surface area (Å²) in [5.74, 6) is 0.833. The first-order valence-corrected chi connectivity index (χ1v) is 8.04. The van der Waals surface area contributed by atoms with Gasteiger partial charge in [0.05, 0.1) is 6.61 Å². The summed E-state index contributed by atoms with van der Waals surface area (Å²) in [5.41, 5.74) is 3.93. The summed E-state index contributed by atoms with van der Waals surface area (Å²) in [6.07, 6.45) is 0.211. The second-order valence-corrected chi connectivity index (χ2v) is 6.71. The summed E-state index contributed by atoms with van der Waals surface area (Å²) in [6, 6.07) is 9.87. The van der Waals surface area contributed by atoms with E-state index in [1.165, 1.54) is 0 Å². The summed E-state index contributed by atoms with van der Waals surface area (Å²) >= 11 is 7.03. The van der Waals surface area contributed by atoms with E-state index in [1.54, 1.807) is 0 Å². The Bertz CT molecular complexity index is 668. The van der Waals surface area contributed by atoms with E-state index in [0.29, 0.717) is 6.61 Å². The molecular weight excluding hydrogens is 384 g/mol. The average Bonchev–Trinajstić information content (AvgIpc) is 2.88. The number of hydrogen-bond acceptors (Lipinski definition) is 2. The molecule has 0 saturated carbocycles. The van der Waals surface area contributed by atoms with Gasteiger partial charge < -0.3 is 9.84 Å². The van der Waals surface area contributed by atoms with Crippen LogP contribution in [0.25, 0.3) is 0 Å². The van der Waals surface area contributed by atoms with Crippen LogP contribution in [-0.2, 0) is 6.42 Å². The fraction of sp³-hybridized carbons (Fsp3) is 0.250. The number of hydrogen-bond donors (Lipinski definition) is 1. The van der Waals surface area contributed by atoms with Crippen molar-refractivity contribution in [2.45, 2.75) is 19.4 Å². The van der Waals surface area contributed by atoms with E-state index in [1.807, 2.05) is 31.2 Å². The Labute approximate surface area is 135 Å². The highest BCUT2D eigenvalue weighted by Gasteiger charge is 2.24. The first kappa shape index (κ1) is 14.1. The topological polar surface area (TPSA) is 29.5 Å². The predicted molar refractivity (Wildman–Crippen MR) is 86.3 cm³/mol. The van der Waals surface area contributed by atoms with Crippen molar-refractivity contribution in [3.05, 3.63) is 61.5 Å². The first-order valence-electron chi connectivity index (χ1n) is 6.46. The molecule has 1 aliphatic rings. The van der Waals surface area contributed by atoms with Gasteiger partial charge >= 0.3 is 0 Å². The lowest BCUT2D eigenvalue weighted by atomic mass is 9.95. The van der Waals surface area contributed by atoms with Crippen LogP contribution < -0.4 is 4.74 Å². The van der Waals surface area contributed by atoms with Crippen LogP contribution in [0.1, 0.15) is 28.4 Å². The number of ether oxygens (including phenoxy) is 1. The maximum absolute atomic E-state index is 10.8. The van der Waals surface area contributed by atoms with Crippen LogP contribution in [-0.4, -0.2) is 11.7 Å². The molecule has 4 heteroatoms. The van der Waals surface area contributed by atoms with Gasteiger partial charge in [0.1, 0.15) is 11.9 Å². The maximum Gasteiger partial charge on any atom is 0.128 e. The van der Waals surface area contributed by atoms with E-state index in [0.717, 1.165) is 43.4 Å². The van der Waals surface area contributed by atoms with Crippen LogP contribution in [0.4, 0.5) is 0 Å². The Balaban J connectivity index is 2.11. The van der Waals surface area contributed by atoms with Crippen molar-refractivity contribution >= 4 is 31.9 Å². The fourth-order valence-corrected chi connectivity index (χ4v) is 3.49. The summed E-state index contributed by atoms with van der Waals surface area (Å²) in [5, 5.41) is 10.8. The minimum Gasteiger partial charge on any atom is -0.493 e. The second kappa shape index (κ2) is 5.51. The highest BCUT2D eigenvalue weighted by molar-refractivity contribution is 9.10. The molecule has 0 radical (unpaired) electrons. The maximum atomic E-state index is 10.8. The molecular formula is C16H14Br2O2. The van der Waals surface area contributed by atoms with Gasteiger partial charge in [-0.2, -0.15) is 0 Å². The molecule has 0 aliphatic carbocycles. The van der Waals surface area contributed by atoms with Crippen molar-refractivity contribution < 1.29 is 9.84 Å². The quantitative estimate of drug-likeness (QED) is 0.806. The van der Waals surface area contributed by atoms with Crippen molar-refractivity contribution in [1.82, 2.24) is 0 Å². The lowest BCUT2D eigenvalue weighted by Crippen LogP contribution is -2.04. The van der Waals surface area contributed by atoms with Crippen LogP contribution in [0, 0.1) is 6.92 Å². The number of rotatable bonds is 2. The molecule has 0 aromatic heterocycles. The van der Waals surface area contributed by atoms with Crippen molar-refractivity contribution in [2.24, 2.45) is 0 Å². The minimum absolute atomic E-state index is 0.683. The van der Waals surface area contributed by atoms with E-state index in [9.17, 15) is 5.11 Å². The Morgan fingerprint density at radius 2 is 2.00 bits per heavy atom. The number of halogens is 2. The zero-order valence-electron chi connectivity index (χ0n) is 11.0. The summed E-state index contributed by atoms with van der Waals surface area (Å²) in [7, 11) is 0. The Hall–Kier alpha value is -0.840. The molecule has 0 bridgehead atoms. The molecule has 1 N–H and O–H groups in total. The van der Waals surface area contributed by atoms with Gasteiger partial charge in [0.15, 0.2) is 0 Å². The van der Waals surface area contributed by atoms with Crippen LogP contribution in [0.3, 0.4) is 0 Å². The van der Waals surface area contributed by atoms with Gasteiger partial charge in [-0.25, -0.2) is 0 Å². The fourth-order valence-electron chi connectivity index (χ4n) is 2.59. The van der Waals surface area contributed by atoms with E-state index in [4.69, 9.17) is 4.74 Å². The van der Waals surface area contributed by atoms with Gasteiger partial charge in [-0.1, -0.05) is 44.0 Å². The van der Waals surface area contributed by atoms with Crippen LogP contribution >= 0.6 is 31.9 Å². The summed E-state index contributed by atoms with van der Waals surface area (Å²) in [6.45, 7) is 2.69. The SMILES string of the molecule is Cc1c(Br)cccc1C(O)c1cc(Br)cc2c1OCC2. The molecule has 1 unspecified atom stereocenters. The van der Waals surface area contributed by atoms with Crippen molar-refractivity contribution in [1.29, 1.82) is 0 Å². The van der Waals surface area contributed by atoms with E-state index >= 15 is 0 Å². The molecule has 2 aromatic rings. The Kier molecular flexibility index (Phi) is 3.89. The van der Waals surface area contributed by atoms with Crippen molar-refractivity contribution in [3.8, 4) is 5.75 Å². The molecule has 0 amide bonds. The standard InChI is InChI=1S/C16H14Br2O2/c1-9-12(3-2-4-14(9)18)15(19)13-8-11(17)7-10-5-6-20-16(10)13/h2-4,7-8,15,19H,5-6H2,1H3. The number of aliphatic hydroxyl groups is 1. The first-order chi connectivity index (χ1) is 9.58. The molecule has 104 valence electrons. The molecule has 0 spiro atoms. The lowest BCUT2D eigenvalue weighted by molar-refractivity contribution is 0.213. The van der Waals surface area contributed by atoms with E-state index in [-0.39, 0.29) is 0 Å². The summed E-state index contributed by atoms with van der Waals surface area (Å²) in [4.78, 5) is 0. The van der Waals surface area contributed by atoms with Gasteiger partial charge in [0.25, 0.3) is 0 Å². The zero-order valence-corrected chi connectivity index (χ0v) is 14.2. The average molecular weight is 398 g/mol. The van der Waals surface area contributed by atoms with Crippen LogP contribution in [0.2, 0.25) is 0 Å². The summed E-state index contributed by atoms with van der Waals surface area (Å²) < 4.78 is 7.68. The highest BCUT2D eigenvalue weighted by Crippen LogP contribution is 2.40. The number of fused-ring (bicyclic) bond motifs is 1. The number of benzene rings is 2. The molecule has 0 saturated heterocycles. The molecule has 20 heavy (non-hydrogen) atoms. The van der Waals surface area contributed by atoms with Crippen molar-refractivity contribution in [2.75, 3.05) is 6.61 Å². The Morgan fingerprint density at radius 3 is 2.80 bits per heavy atom. The van der Waals surface area contributed by atoms with Gasteiger partial charge in [-0.05, 0) is 41.8 Å². The third-order valence-electron chi connectivity index (χ3n) is 3.68. The van der Waals surface area contributed by atoms with Gasteiger partial charge in [0.2, 0.25) is 0 Å². The largest absolute Gasteiger partial charge is 0.493 e. The predicted octanol–water partition coefficient (Wildman–Crippen LogP) is 4.54. The third-order valence-corrected chi connectivity index (χ3v) is 4.99. The molecule has 1 heterocycles. The molecule has 2 nitrogen and oxygen atoms in total. The van der Waals surface area contributed by atoms with Gasteiger partial charge in [-0.15, -0.1) is 0 Å². The monoisotopic (exact) mass is 396 g/mol. The molecule has 3 rings (SSSR count). The number of aliphatic hydroxyl groups excluding tert-OH is 1. The van der Waals surface area contributed by atoms with E-state index in [2.05, 4.69) is 37.9 Å².